The molecule has 44 heavy (non-hydrogen) atoms. The number of carboxylic acid groups (broad SMARTS) is 1. The van der Waals surface area contributed by atoms with E-state index in [2.05, 4.69) is 16.3 Å². The molecule has 0 radical (unpaired) electrons. The molecule has 2 aromatic rings. The number of carbonyl (C=O) groups excluding carboxylic acids is 1. The van der Waals surface area contributed by atoms with Crippen LogP contribution in [0.25, 0.3) is 11.1 Å². The lowest BCUT2D eigenvalue weighted by Crippen LogP contribution is -2.41. The van der Waals surface area contributed by atoms with E-state index in [1.165, 1.54) is 38.5 Å². The molecule has 1 aliphatic carbocycles. The largest absolute Gasteiger partial charge is 0.480 e. The minimum absolute atomic E-state index is 0.173. The number of aliphatic hydroxyl groups is 1. The predicted octanol–water partition coefficient (Wildman–Crippen LogP) is 5.78. The number of carboxylic acids is 1. The summed E-state index contributed by atoms with van der Waals surface area (Å²) < 4.78 is 12.1. The Balaban J connectivity index is 0.00000259. The highest BCUT2D eigenvalue weighted by Crippen LogP contribution is 2.31. The number of rotatable bonds is 14. The maximum absolute atomic E-state index is 13.5. The third kappa shape index (κ3) is 10.6. The summed E-state index contributed by atoms with van der Waals surface area (Å²) in [4.78, 5) is 27.7. The molecule has 244 valence electrons. The summed E-state index contributed by atoms with van der Waals surface area (Å²) >= 11 is 1.57. The van der Waals surface area contributed by atoms with Gasteiger partial charge in [-0.15, -0.1) is 0 Å². The maximum Gasteiger partial charge on any atom is 0.326 e. The standard InChI is InChI=1S/C34H48N2O5S.CH4O/c1-24-10-8-9-13-29(24)31-18-26(14-15-30(31)33(37)35-32(34(38)39)16-17-42-3)20-36-21-28(40-2)19-27(36)23-41-22-25-11-6-4-5-7-12-25;1-2/h8-10,13-15,18,25,27-28,32H,4-7,11-12,16-17,19-23H2,1-3H3,(H,35,37)(H,38,39);2H,1H3. The topological polar surface area (TPSA) is 108 Å². The third-order valence-electron chi connectivity index (χ3n) is 8.82. The molecule has 4 rings (SSSR count). The SMILES string of the molecule is CO.COC1CC(COCC2CCCCCC2)N(Cc2ccc(C(=O)NC(CCSC)C(=O)O)c(-c3ccccc3C)c2)C1. The molecule has 0 aromatic heterocycles. The average Bonchev–Trinajstić information content (AvgIpc) is 3.23. The number of hydrogen-bond donors (Lipinski definition) is 3. The lowest BCUT2D eigenvalue weighted by molar-refractivity contribution is -0.139. The van der Waals surface area contributed by atoms with Gasteiger partial charge in [0.2, 0.25) is 0 Å². The number of thioether (sulfide) groups is 1. The van der Waals surface area contributed by atoms with Crippen molar-refractivity contribution in [1.29, 1.82) is 0 Å². The van der Waals surface area contributed by atoms with Crippen LogP contribution >= 0.6 is 11.8 Å². The molecule has 2 aliphatic rings. The summed E-state index contributed by atoms with van der Waals surface area (Å²) in [7, 11) is 2.78. The first kappa shape index (κ1) is 36.0. The van der Waals surface area contributed by atoms with Crippen LogP contribution < -0.4 is 5.32 Å². The van der Waals surface area contributed by atoms with Crippen LogP contribution in [0.1, 0.15) is 72.9 Å². The average molecular weight is 629 g/mol. The first-order chi connectivity index (χ1) is 21.4. The fourth-order valence-corrected chi connectivity index (χ4v) is 6.80. The first-order valence-corrected chi connectivity index (χ1v) is 17.3. The summed E-state index contributed by atoms with van der Waals surface area (Å²) in [6, 6.07) is 13.3. The van der Waals surface area contributed by atoms with Crippen LogP contribution in [0, 0.1) is 12.8 Å². The number of methoxy groups -OCH3 is 1. The van der Waals surface area contributed by atoms with E-state index in [0.29, 0.717) is 30.3 Å². The molecular formula is C35H52N2O6S. The molecule has 9 heteroatoms. The molecule has 1 heterocycles. The molecule has 3 unspecified atom stereocenters. The van der Waals surface area contributed by atoms with Crippen molar-refractivity contribution in [3.8, 4) is 11.1 Å². The number of carbonyl (C=O) groups is 2. The van der Waals surface area contributed by atoms with Crippen molar-refractivity contribution in [3.05, 3.63) is 59.2 Å². The van der Waals surface area contributed by atoms with Gasteiger partial charge in [-0.2, -0.15) is 11.8 Å². The molecule has 1 amide bonds. The van der Waals surface area contributed by atoms with Gasteiger partial charge in [-0.25, -0.2) is 4.79 Å². The smallest absolute Gasteiger partial charge is 0.326 e. The zero-order valence-electron chi connectivity index (χ0n) is 26.9. The summed E-state index contributed by atoms with van der Waals surface area (Å²) in [6.07, 6.45) is 11.3. The van der Waals surface area contributed by atoms with Gasteiger partial charge >= 0.3 is 5.97 Å². The van der Waals surface area contributed by atoms with Gasteiger partial charge in [0.1, 0.15) is 6.04 Å². The molecule has 0 bridgehead atoms. The molecule has 8 nitrogen and oxygen atoms in total. The number of nitrogens with one attached hydrogen (secondary N) is 1. The van der Waals surface area contributed by atoms with Crippen LogP contribution in [0.4, 0.5) is 0 Å². The number of ether oxygens (including phenoxy) is 2. The van der Waals surface area contributed by atoms with Crippen molar-refractivity contribution in [2.75, 3.05) is 46.0 Å². The van der Waals surface area contributed by atoms with E-state index >= 15 is 0 Å². The van der Waals surface area contributed by atoms with Gasteiger partial charge in [0, 0.05) is 45.5 Å². The number of benzene rings is 2. The second kappa shape index (κ2) is 19.2. The van der Waals surface area contributed by atoms with Crippen LogP contribution in [-0.2, 0) is 20.8 Å². The molecule has 3 N–H and O–H groups in total. The predicted molar refractivity (Wildman–Crippen MR) is 178 cm³/mol. The van der Waals surface area contributed by atoms with E-state index in [0.717, 1.165) is 55.5 Å². The van der Waals surface area contributed by atoms with E-state index < -0.39 is 12.0 Å². The summed E-state index contributed by atoms with van der Waals surface area (Å²) in [5, 5.41) is 19.5. The number of likely N-dealkylation sites (tertiary alicyclic amines) is 1. The van der Waals surface area contributed by atoms with Crippen LogP contribution in [0.3, 0.4) is 0 Å². The van der Waals surface area contributed by atoms with Gasteiger partial charge in [-0.3, -0.25) is 9.69 Å². The van der Waals surface area contributed by atoms with E-state index in [1.807, 2.05) is 49.6 Å². The third-order valence-corrected chi connectivity index (χ3v) is 9.47. The van der Waals surface area contributed by atoms with Gasteiger partial charge in [0.15, 0.2) is 0 Å². The molecule has 3 atom stereocenters. The summed E-state index contributed by atoms with van der Waals surface area (Å²) in [5.74, 6) is -0.0402. The van der Waals surface area contributed by atoms with Gasteiger partial charge in [0.05, 0.1) is 12.7 Å². The molecule has 0 spiro atoms. The Hall–Kier alpha value is -2.43. The van der Waals surface area contributed by atoms with E-state index in [1.54, 1.807) is 18.9 Å². The fourth-order valence-electron chi connectivity index (χ4n) is 6.33. The van der Waals surface area contributed by atoms with Crippen LogP contribution in [0.15, 0.2) is 42.5 Å². The molecule has 1 saturated carbocycles. The van der Waals surface area contributed by atoms with Crippen molar-refractivity contribution in [1.82, 2.24) is 10.2 Å². The van der Waals surface area contributed by atoms with Gasteiger partial charge in [0.25, 0.3) is 5.91 Å². The molecule has 1 aliphatic heterocycles. The van der Waals surface area contributed by atoms with Crippen molar-refractivity contribution < 1.29 is 29.3 Å². The quantitative estimate of drug-likeness (QED) is 0.226. The van der Waals surface area contributed by atoms with Gasteiger partial charge in [-0.05, 0) is 84.9 Å². The maximum atomic E-state index is 13.5. The second-order valence-electron chi connectivity index (χ2n) is 11.9. The highest BCUT2D eigenvalue weighted by atomic mass is 32.2. The molecule has 1 saturated heterocycles. The zero-order valence-corrected chi connectivity index (χ0v) is 27.7. The van der Waals surface area contributed by atoms with Crippen molar-refractivity contribution >= 4 is 23.6 Å². The van der Waals surface area contributed by atoms with Gasteiger partial charge in [-0.1, -0.05) is 56.0 Å². The Kier molecular flexibility index (Phi) is 15.7. The number of aliphatic hydroxyl groups excluding tert-OH is 1. The monoisotopic (exact) mass is 628 g/mol. The Morgan fingerprint density at radius 2 is 1.77 bits per heavy atom. The first-order valence-electron chi connectivity index (χ1n) is 15.9. The second-order valence-corrected chi connectivity index (χ2v) is 12.9. The van der Waals surface area contributed by atoms with Crippen LogP contribution in [0.5, 0.6) is 0 Å². The number of nitrogens with zero attached hydrogens (tertiary/aromatic N) is 1. The van der Waals surface area contributed by atoms with Crippen molar-refractivity contribution in [2.45, 2.75) is 83.0 Å². The van der Waals surface area contributed by atoms with E-state index in [9.17, 15) is 14.7 Å². The number of aryl methyl sites for hydroxylation is 1. The Bertz CT molecular complexity index is 1170. The Morgan fingerprint density at radius 3 is 2.43 bits per heavy atom. The highest BCUT2D eigenvalue weighted by Gasteiger charge is 2.33. The lowest BCUT2D eigenvalue weighted by Gasteiger charge is -2.26. The zero-order chi connectivity index (χ0) is 31.9. The number of hydrogen-bond acceptors (Lipinski definition) is 7. The van der Waals surface area contributed by atoms with Crippen molar-refractivity contribution in [3.63, 3.8) is 0 Å². The molecule has 2 fully saturated rings. The fraction of sp³-hybridized carbons (Fsp3) is 0.600. The van der Waals surface area contributed by atoms with Crippen molar-refractivity contribution in [2.24, 2.45) is 5.92 Å². The van der Waals surface area contributed by atoms with Crippen LogP contribution in [-0.4, -0.2) is 91.2 Å². The molecular weight excluding hydrogens is 576 g/mol. The van der Waals surface area contributed by atoms with Crippen LogP contribution in [0.2, 0.25) is 0 Å². The summed E-state index contributed by atoms with van der Waals surface area (Å²) in [6.45, 7) is 5.15. The highest BCUT2D eigenvalue weighted by molar-refractivity contribution is 7.98. The molecule has 2 aromatic carbocycles. The minimum atomic E-state index is -1.01. The Morgan fingerprint density at radius 1 is 1.05 bits per heavy atom. The number of amides is 1. The number of aliphatic carboxylic acids is 1. The normalized spacial score (nSPS) is 19.9. The van der Waals surface area contributed by atoms with E-state index in [-0.39, 0.29) is 18.1 Å². The van der Waals surface area contributed by atoms with E-state index in [4.69, 9.17) is 14.6 Å². The lowest BCUT2D eigenvalue weighted by atomic mass is 9.93. The summed E-state index contributed by atoms with van der Waals surface area (Å²) in [5.41, 5.74) is 4.45. The minimum Gasteiger partial charge on any atom is -0.480 e. The Labute approximate surface area is 267 Å². The van der Waals surface area contributed by atoms with Gasteiger partial charge < -0.3 is 25.0 Å².